The van der Waals surface area contributed by atoms with Crippen LogP contribution >= 0.6 is 0 Å². The summed E-state index contributed by atoms with van der Waals surface area (Å²) in [4.78, 5) is 27.7. The summed E-state index contributed by atoms with van der Waals surface area (Å²) >= 11 is 0. The number of nitro benzene ring substituents is 3. The van der Waals surface area contributed by atoms with Gasteiger partial charge in [-0.05, 0) is 16.8 Å². The normalized spacial score (nSPS) is 9.85. The van der Waals surface area contributed by atoms with E-state index in [0.717, 1.165) is 0 Å². The molecule has 0 heterocycles. The van der Waals surface area contributed by atoms with Crippen molar-refractivity contribution in [2.24, 2.45) is 0 Å². The average molecular weight is 357 g/mol. The molecule has 0 unspecified atom stereocenters. The van der Waals surface area contributed by atoms with E-state index < -0.39 is 37.6 Å². The van der Waals surface area contributed by atoms with Crippen molar-refractivity contribution in [2.75, 3.05) is 0 Å². The zero-order valence-electron chi connectivity index (χ0n) is 13.0. The van der Waals surface area contributed by atoms with Gasteiger partial charge in [-0.15, -0.1) is 0 Å². The summed E-state index contributed by atoms with van der Waals surface area (Å²) in [6.07, 6.45) is 0. The van der Waals surface area contributed by atoms with Crippen LogP contribution in [0.2, 0.25) is 0 Å². The first kappa shape index (κ1) is 18.3. The summed E-state index contributed by atoms with van der Waals surface area (Å²) < 4.78 is 0. The summed E-state index contributed by atoms with van der Waals surface area (Å²) in [5, 5.41) is 43.0. The van der Waals surface area contributed by atoms with E-state index in [9.17, 15) is 30.3 Å². The molecule has 0 amide bonds. The van der Waals surface area contributed by atoms with Gasteiger partial charge in [-0.1, -0.05) is 48.5 Å². The van der Waals surface area contributed by atoms with Gasteiger partial charge >= 0.3 is 17.1 Å². The fraction of sp³-hybridized carbons (Fsp3) is 0. The van der Waals surface area contributed by atoms with E-state index >= 15 is 0 Å². The molecule has 0 atom stereocenters. The summed E-state index contributed by atoms with van der Waals surface area (Å²) in [7, 11) is 0. The van der Waals surface area contributed by atoms with E-state index in [2.05, 4.69) is 48.5 Å². The van der Waals surface area contributed by atoms with Crippen molar-refractivity contribution in [1.29, 1.82) is 0 Å². The van der Waals surface area contributed by atoms with Crippen molar-refractivity contribution < 1.29 is 19.9 Å². The van der Waals surface area contributed by atoms with Crippen LogP contribution in [-0.4, -0.2) is 19.9 Å². The summed E-state index contributed by atoms with van der Waals surface area (Å²) in [5.74, 6) is -0.998. The monoisotopic (exact) mass is 357 g/mol. The Labute approximate surface area is 145 Å². The fourth-order valence-electron chi connectivity index (χ4n) is 2.20. The molecule has 0 aliphatic carbocycles. The average Bonchev–Trinajstić information content (AvgIpc) is 2.61. The molecule has 0 aromatic heterocycles. The number of fused-ring (bicyclic) bond motifs is 1. The van der Waals surface area contributed by atoms with E-state index in [1.165, 1.54) is 10.8 Å². The molecule has 3 aromatic rings. The van der Waals surface area contributed by atoms with E-state index in [1.54, 1.807) is 0 Å². The Morgan fingerprint density at radius 1 is 0.615 bits per heavy atom. The fourth-order valence-corrected chi connectivity index (χ4v) is 2.20. The minimum atomic E-state index is -1.34. The Morgan fingerprint density at radius 3 is 1.38 bits per heavy atom. The molecule has 0 saturated carbocycles. The molecule has 10 nitrogen and oxygen atoms in total. The van der Waals surface area contributed by atoms with Gasteiger partial charge in [0.15, 0.2) is 0 Å². The highest BCUT2D eigenvalue weighted by molar-refractivity contribution is 5.82. The van der Waals surface area contributed by atoms with Gasteiger partial charge in [-0.3, -0.25) is 30.3 Å². The third-order valence-electron chi connectivity index (χ3n) is 3.33. The second-order valence-electron chi connectivity index (χ2n) is 4.92. The lowest BCUT2D eigenvalue weighted by molar-refractivity contribution is -0.441. The van der Waals surface area contributed by atoms with Crippen LogP contribution in [0.3, 0.4) is 0 Å². The zero-order valence-corrected chi connectivity index (χ0v) is 13.0. The number of hydrogen-bond acceptors (Lipinski definition) is 7. The van der Waals surface area contributed by atoms with Crippen LogP contribution in [0.4, 0.5) is 17.1 Å². The number of phenols is 1. The summed E-state index contributed by atoms with van der Waals surface area (Å²) in [6, 6.07) is 18.0. The molecule has 0 saturated heterocycles. The molecular weight excluding hydrogens is 346 g/mol. The molecule has 0 aliphatic rings. The van der Waals surface area contributed by atoms with Gasteiger partial charge in [0.25, 0.3) is 0 Å². The van der Waals surface area contributed by atoms with E-state index in [0.29, 0.717) is 12.1 Å². The van der Waals surface area contributed by atoms with Crippen LogP contribution in [0.25, 0.3) is 10.8 Å². The molecule has 0 bridgehead atoms. The molecule has 10 heteroatoms. The molecule has 0 radical (unpaired) electrons. The van der Waals surface area contributed by atoms with Gasteiger partial charge in [0, 0.05) is 6.07 Å². The maximum Gasteiger partial charge on any atom is 0.426 e. The maximum absolute atomic E-state index is 10.5. The first-order valence-electron chi connectivity index (χ1n) is 7.06. The highest BCUT2D eigenvalue weighted by Gasteiger charge is 2.38. The number of hydrogen-bond donors (Lipinski definition) is 1. The molecule has 26 heavy (non-hydrogen) atoms. The second-order valence-corrected chi connectivity index (χ2v) is 4.92. The summed E-state index contributed by atoms with van der Waals surface area (Å²) in [6.45, 7) is 0. The van der Waals surface area contributed by atoms with Crippen molar-refractivity contribution >= 4 is 27.8 Å². The third-order valence-corrected chi connectivity index (χ3v) is 3.33. The van der Waals surface area contributed by atoms with E-state index in [1.807, 2.05) is 0 Å². The van der Waals surface area contributed by atoms with Crippen LogP contribution in [0.15, 0.2) is 60.7 Å². The zero-order chi connectivity index (χ0) is 19.3. The maximum atomic E-state index is 10.5. The van der Waals surface area contributed by atoms with Crippen molar-refractivity contribution in [3.8, 4) is 5.75 Å². The van der Waals surface area contributed by atoms with E-state index in [4.69, 9.17) is 5.11 Å². The first-order chi connectivity index (χ1) is 12.3. The lowest BCUT2D eigenvalue weighted by Gasteiger charge is -1.98. The minimum absolute atomic E-state index is 0.625. The number of nitro groups is 3. The largest absolute Gasteiger partial charge is 0.502 e. The van der Waals surface area contributed by atoms with Crippen LogP contribution in [-0.2, 0) is 0 Å². The molecule has 0 aliphatic heterocycles. The van der Waals surface area contributed by atoms with Crippen molar-refractivity contribution in [3.63, 3.8) is 0 Å². The highest BCUT2D eigenvalue weighted by atomic mass is 16.6. The van der Waals surface area contributed by atoms with Crippen LogP contribution < -0.4 is 0 Å². The molecular formula is C16H11N3O7. The number of aromatic hydroxyl groups is 1. The standard InChI is InChI=1S/C10H8.C6H3N3O7/c1-2-6-10-8-4-3-7-9(10)5-1;10-4-2-1-3(7(11)12)5(8(13)14)6(4)9(15)16/h1-8H;1-2,10H. The van der Waals surface area contributed by atoms with Crippen LogP contribution in [0.5, 0.6) is 5.75 Å². The third kappa shape index (κ3) is 3.87. The summed E-state index contributed by atoms with van der Waals surface area (Å²) in [5.41, 5.74) is -3.68. The smallest absolute Gasteiger partial charge is 0.426 e. The lowest BCUT2D eigenvalue weighted by Crippen LogP contribution is -2.01. The Kier molecular flexibility index (Phi) is 5.38. The van der Waals surface area contributed by atoms with Crippen LogP contribution in [0.1, 0.15) is 0 Å². The quantitative estimate of drug-likeness (QED) is 0.550. The first-order valence-corrected chi connectivity index (χ1v) is 7.06. The minimum Gasteiger partial charge on any atom is -0.502 e. The van der Waals surface area contributed by atoms with Gasteiger partial charge in [0.05, 0.1) is 14.8 Å². The van der Waals surface area contributed by atoms with Gasteiger partial charge in [-0.2, -0.15) is 0 Å². The Hall–Kier alpha value is -4.08. The molecule has 1 N–H and O–H groups in total. The van der Waals surface area contributed by atoms with Gasteiger partial charge in [-0.25, -0.2) is 0 Å². The SMILES string of the molecule is O=[N+]([O-])c1ccc(O)c([N+](=O)[O-])c1[N+](=O)[O-].c1ccc2ccccc2c1. The lowest BCUT2D eigenvalue weighted by atomic mass is 10.1. The molecule has 0 spiro atoms. The number of benzene rings is 3. The van der Waals surface area contributed by atoms with Crippen LogP contribution in [0, 0.1) is 30.3 Å². The van der Waals surface area contributed by atoms with Gasteiger partial charge in [0.2, 0.25) is 5.75 Å². The van der Waals surface area contributed by atoms with Crippen molar-refractivity contribution in [1.82, 2.24) is 0 Å². The second kappa shape index (κ2) is 7.66. The van der Waals surface area contributed by atoms with Gasteiger partial charge in [0.1, 0.15) is 0 Å². The molecule has 132 valence electrons. The Bertz CT molecular complexity index is 939. The number of phenolic OH excluding ortho intramolecular Hbond substituents is 1. The topological polar surface area (TPSA) is 150 Å². The van der Waals surface area contributed by atoms with Crippen molar-refractivity contribution in [2.45, 2.75) is 0 Å². The molecule has 3 rings (SSSR count). The predicted octanol–water partition coefficient (Wildman–Crippen LogP) is 3.96. The highest BCUT2D eigenvalue weighted by Crippen LogP contribution is 2.42. The van der Waals surface area contributed by atoms with E-state index in [-0.39, 0.29) is 0 Å². The molecule has 0 fully saturated rings. The molecule has 3 aromatic carbocycles. The Morgan fingerprint density at radius 2 is 1.04 bits per heavy atom. The van der Waals surface area contributed by atoms with Crippen molar-refractivity contribution in [3.05, 3.63) is 91.0 Å². The Balaban J connectivity index is 0.000000206. The number of nitrogens with zero attached hydrogens (tertiary/aromatic N) is 3. The van der Waals surface area contributed by atoms with Gasteiger partial charge < -0.3 is 5.11 Å². The predicted molar refractivity (Wildman–Crippen MR) is 92.0 cm³/mol. The number of rotatable bonds is 3.